The summed E-state index contributed by atoms with van der Waals surface area (Å²) in [6, 6.07) is 1.46. The second-order valence-electron chi connectivity index (χ2n) is 2.44. The molecule has 1 heterocycles. The number of nitrogens with zero attached hydrogens (tertiary/aromatic N) is 1. The molecule has 0 atom stereocenters. The largest absolute Gasteiger partial charge is 0.480 e. The van der Waals surface area contributed by atoms with E-state index in [9.17, 15) is 4.79 Å². The predicted molar refractivity (Wildman–Crippen MR) is 51.8 cm³/mol. The zero-order valence-corrected chi connectivity index (χ0v) is 8.67. The first-order valence-electron chi connectivity index (χ1n) is 4.05. The lowest BCUT2D eigenvalue weighted by Crippen LogP contribution is -2.05. The number of hydrogen-bond acceptors (Lipinski definition) is 4. The smallest absolute Gasteiger partial charge is 0.339 e. The summed E-state index contributed by atoms with van der Waals surface area (Å²) in [7, 11) is 1.46. The van der Waals surface area contributed by atoms with E-state index in [-0.39, 0.29) is 5.02 Å². The van der Waals surface area contributed by atoms with E-state index >= 15 is 0 Å². The Bertz CT molecular complexity index is 341. The molecule has 4 nitrogen and oxygen atoms in total. The summed E-state index contributed by atoms with van der Waals surface area (Å²) >= 11 is 5.78. The van der Waals surface area contributed by atoms with Gasteiger partial charge in [-0.2, -0.15) is 0 Å². The summed E-state index contributed by atoms with van der Waals surface area (Å²) in [5.41, 5.74) is 0.317. The van der Waals surface area contributed by atoms with E-state index in [0.717, 1.165) is 0 Å². The molecule has 14 heavy (non-hydrogen) atoms. The summed E-state index contributed by atoms with van der Waals surface area (Å²) in [5.74, 6) is -0.149. The highest BCUT2D eigenvalue weighted by atomic mass is 35.5. The van der Waals surface area contributed by atoms with Gasteiger partial charge in [0.05, 0.1) is 19.3 Å². The molecule has 0 aliphatic carbocycles. The molecule has 76 valence electrons. The van der Waals surface area contributed by atoms with Gasteiger partial charge in [-0.25, -0.2) is 9.78 Å². The van der Waals surface area contributed by atoms with Gasteiger partial charge in [-0.3, -0.25) is 0 Å². The third kappa shape index (κ3) is 2.35. The van der Waals surface area contributed by atoms with Crippen LogP contribution < -0.4 is 4.74 Å². The predicted octanol–water partition coefficient (Wildman–Crippen LogP) is 1.92. The van der Waals surface area contributed by atoms with Gasteiger partial charge < -0.3 is 9.47 Å². The van der Waals surface area contributed by atoms with Crippen molar-refractivity contribution in [1.29, 1.82) is 0 Å². The van der Waals surface area contributed by atoms with Gasteiger partial charge in [0, 0.05) is 6.20 Å². The van der Waals surface area contributed by atoms with Crippen LogP contribution in [0.5, 0.6) is 5.88 Å². The van der Waals surface area contributed by atoms with Crippen LogP contribution in [-0.2, 0) is 4.74 Å². The molecule has 0 N–H and O–H groups in total. The van der Waals surface area contributed by atoms with E-state index in [4.69, 9.17) is 21.1 Å². The van der Waals surface area contributed by atoms with Crippen molar-refractivity contribution < 1.29 is 14.3 Å². The molecule has 0 unspecified atom stereocenters. The molecular weight excluding hydrogens is 206 g/mol. The van der Waals surface area contributed by atoms with Crippen molar-refractivity contribution in [2.75, 3.05) is 13.7 Å². The number of hydrogen-bond donors (Lipinski definition) is 0. The van der Waals surface area contributed by atoms with Gasteiger partial charge in [-0.15, -0.1) is 0 Å². The topological polar surface area (TPSA) is 48.4 Å². The number of carbonyl (C=O) groups is 1. The van der Waals surface area contributed by atoms with Crippen LogP contribution in [0.15, 0.2) is 12.3 Å². The van der Waals surface area contributed by atoms with Crippen molar-refractivity contribution in [3.63, 3.8) is 0 Å². The highest BCUT2D eigenvalue weighted by Gasteiger charge is 2.10. The Hall–Kier alpha value is -1.29. The van der Waals surface area contributed by atoms with Crippen LogP contribution in [-0.4, -0.2) is 24.7 Å². The van der Waals surface area contributed by atoms with E-state index < -0.39 is 5.97 Å². The molecule has 0 bridgehead atoms. The lowest BCUT2D eigenvalue weighted by Gasteiger charge is -2.04. The van der Waals surface area contributed by atoms with Crippen LogP contribution in [0.2, 0.25) is 5.02 Å². The Morgan fingerprint density at radius 2 is 2.36 bits per heavy atom. The van der Waals surface area contributed by atoms with Crippen LogP contribution in [0.4, 0.5) is 0 Å². The maximum absolute atomic E-state index is 11.2. The van der Waals surface area contributed by atoms with E-state index in [2.05, 4.69) is 4.98 Å². The monoisotopic (exact) mass is 215 g/mol. The second kappa shape index (κ2) is 4.81. The maximum Gasteiger partial charge on any atom is 0.339 e. The second-order valence-corrected chi connectivity index (χ2v) is 2.84. The Kier molecular flexibility index (Phi) is 3.71. The summed E-state index contributed by atoms with van der Waals surface area (Å²) in [4.78, 5) is 15.1. The highest BCUT2D eigenvalue weighted by Crippen LogP contribution is 2.21. The number of carbonyl (C=O) groups excluding carboxylic acids is 1. The lowest BCUT2D eigenvalue weighted by molar-refractivity contribution is 0.0526. The average molecular weight is 216 g/mol. The van der Waals surface area contributed by atoms with Crippen LogP contribution >= 0.6 is 11.6 Å². The maximum atomic E-state index is 11.2. The standard InChI is InChI=1S/C9H10ClNO3/c1-3-14-9(12)6-4-7(10)8(13-2)11-5-6/h4-5H,3H2,1-2H3. The number of halogens is 1. The van der Waals surface area contributed by atoms with Gasteiger partial charge in [0.1, 0.15) is 5.02 Å². The number of methoxy groups -OCH3 is 1. The first-order chi connectivity index (χ1) is 6.69. The minimum Gasteiger partial charge on any atom is -0.480 e. The van der Waals surface area contributed by atoms with E-state index in [1.807, 2.05) is 0 Å². The molecule has 0 radical (unpaired) electrons. The number of aromatic nitrogens is 1. The fraction of sp³-hybridized carbons (Fsp3) is 0.333. The van der Waals surface area contributed by atoms with Crippen molar-refractivity contribution in [1.82, 2.24) is 4.98 Å². The Labute approximate surface area is 86.8 Å². The zero-order valence-electron chi connectivity index (χ0n) is 7.91. The molecule has 1 rings (SSSR count). The van der Waals surface area contributed by atoms with Gasteiger partial charge in [0.25, 0.3) is 0 Å². The van der Waals surface area contributed by atoms with Crippen LogP contribution in [0.3, 0.4) is 0 Å². The fourth-order valence-corrected chi connectivity index (χ4v) is 1.15. The number of pyridine rings is 1. The zero-order chi connectivity index (χ0) is 10.6. The first kappa shape index (κ1) is 10.8. The summed E-state index contributed by atoms with van der Waals surface area (Å²) < 4.78 is 9.62. The molecule has 0 saturated carbocycles. The SMILES string of the molecule is CCOC(=O)c1cnc(OC)c(Cl)c1. The normalized spacial score (nSPS) is 9.64. The van der Waals surface area contributed by atoms with E-state index in [0.29, 0.717) is 18.1 Å². The molecular formula is C9H10ClNO3. The van der Waals surface area contributed by atoms with Crippen LogP contribution in [0.25, 0.3) is 0 Å². The molecule has 1 aromatic rings. The molecule has 1 aromatic heterocycles. The van der Waals surface area contributed by atoms with Gasteiger partial charge in [-0.05, 0) is 13.0 Å². The molecule has 0 spiro atoms. The molecule has 0 aliphatic rings. The van der Waals surface area contributed by atoms with E-state index in [1.165, 1.54) is 19.4 Å². The quantitative estimate of drug-likeness (QED) is 0.723. The number of esters is 1. The molecule has 0 saturated heterocycles. The Balaban J connectivity index is 2.91. The van der Waals surface area contributed by atoms with Crippen molar-refractivity contribution in [3.8, 4) is 5.88 Å². The molecule has 0 aliphatic heterocycles. The van der Waals surface area contributed by atoms with Gasteiger partial charge in [0.2, 0.25) is 5.88 Å². The van der Waals surface area contributed by atoms with Crippen LogP contribution in [0.1, 0.15) is 17.3 Å². The Morgan fingerprint density at radius 3 is 2.86 bits per heavy atom. The van der Waals surface area contributed by atoms with Gasteiger partial charge in [-0.1, -0.05) is 11.6 Å². The third-order valence-corrected chi connectivity index (χ3v) is 1.78. The average Bonchev–Trinajstić information content (AvgIpc) is 2.18. The summed E-state index contributed by atoms with van der Waals surface area (Å²) in [6.45, 7) is 2.05. The number of ether oxygens (including phenoxy) is 2. The minimum absolute atomic E-state index is 0.290. The van der Waals surface area contributed by atoms with Crippen molar-refractivity contribution in [3.05, 3.63) is 22.8 Å². The van der Waals surface area contributed by atoms with Gasteiger partial charge >= 0.3 is 5.97 Å². The van der Waals surface area contributed by atoms with Crippen molar-refractivity contribution in [2.24, 2.45) is 0 Å². The highest BCUT2D eigenvalue weighted by molar-refractivity contribution is 6.32. The fourth-order valence-electron chi connectivity index (χ4n) is 0.902. The van der Waals surface area contributed by atoms with Crippen LogP contribution in [0, 0.1) is 0 Å². The Morgan fingerprint density at radius 1 is 1.64 bits per heavy atom. The van der Waals surface area contributed by atoms with Gasteiger partial charge in [0.15, 0.2) is 0 Å². The first-order valence-corrected chi connectivity index (χ1v) is 4.43. The molecule has 0 amide bonds. The number of rotatable bonds is 3. The molecule has 0 aromatic carbocycles. The lowest BCUT2D eigenvalue weighted by atomic mass is 10.3. The van der Waals surface area contributed by atoms with Crippen molar-refractivity contribution >= 4 is 17.6 Å². The molecule has 5 heteroatoms. The summed E-state index contributed by atoms with van der Waals surface area (Å²) in [6.07, 6.45) is 1.36. The van der Waals surface area contributed by atoms with E-state index in [1.54, 1.807) is 6.92 Å². The minimum atomic E-state index is -0.440. The third-order valence-electron chi connectivity index (χ3n) is 1.51. The van der Waals surface area contributed by atoms with Crippen molar-refractivity contribution in [2.45, 2.75) is 6.92 Å². The summed E-state index contributed by atoms with van der Waals surface area (Å²) in [5, 5.41) is 0.290. The molecule has 0 fully saturated rings.